The molecule has 0 unspecified atom stereocenters. The second-order valence-corrected chi connectivity index (χ2v) is 5.05. The maximum Gasteiger partial charge on any atom is 0.0654 e. The zero-order chi connectivity index (χ0) is 12.1. The van der Waals surface area contributed by atoms with Gasteiger partial charge in [-0.3, -0.25) is 0 Å². The summed E-state index contributed by atoms with van der Waals surface area (Å²) >= 11 is 18.1. The Balaban J connectivity index is 0.00000256. The fourth-order valence-corrected chi connectivity index (χ4v) is 2.46. The Bertz CT molecular complexity index is 355. The van der Waals surface area contributed by atoms with Crippen molar-refractivity contribution in [1.29, 1.82) is 0 Å². The summed E-state index contributed by atoms with van der Waals surface area (Å²) in [6.45, 7) is 2.16. The SMILES string of the molecule is CCCCC[C@H](N)c1c(Cl)ccc(Cl)c1Cl.Cl. The Kier molecular flexibility index (Phi) is 8.61. The first-order valence-corrected chi connectivity index (χ1v) is 6.60. The van der Waals surface area contributed by atoms with Crippen LogP contribution in [0.4, 0.5) is 0 Å². The van der Waals surface area contributed by atoms with Gasteiger partial charge in [-0.2, -0.15) is 0 Å². The Labute approximate surface area is 124 Å². The van der Waals surface area contributed by atoms with Crippen LogP contribution >= 0.6 is 47.2 Å². The Hall–Kier alpha value is 0.340. The first kappa shape index (κ1) is 17.3. The first-order valence-electron chi connectivity index (χ1n) is 5.46. The molecule has 0 saturated carbocycles. The molecule has 98 valence electrons. The molecule has 1 aromatic carbocycles. The predicted molar refractivity (Wildman–Crippen MR) is 79.8 cm³/mol. The van der Waals surface area contributed by atoms with E-state index in [9.17, 15) is 0 Å². The second-order valence-electron chi connectivity index (χ2n) is 3.86. The van der Waals surface area contributed by atoms with Crippen molar-refractivity contribution in [2.24, 2.45) is 5.73 Å². The summed E-state index contributed by atoms with van der Waals surface area (Å²) in [7, 11) is 0. The number of benzene rings is 1. The average Bonchev–Trinajstić information content (AvgIpc) is 2.24. The van der Waals surface area contributed by atoms with Gasteiger partial charge in [0, 0.05) is 16.6 Å². The summed E-state index contributed by atoms with van der Waals surface area (Å²) < 4.78 is 0. The summed E-state index contributed by atoms with van der Waals surface area (Å²) in [6, 6.07) is 3.30. The van der Waals surface area contributed by atoms with Gasteiger partial charge in [-0.25, -0.2) is 0 Å². The predicted octanol–water partition coefficient (Wildman–Crippen LogP) is 5.65. The van der Waals surface area contributed by atoms with Crippen LogP contribution in [0.1, 0.15) is 44.2 Å². The van der Waals surface area contributed by atoms with Gasteiger partial charge < -0.3 is 5.73 Å². The van der Waals surface area contributed by atoms with Gasteiger partial charge in [0.1, 0.15) is 0 Å². The maximum atomic E-state index is 6.11. The zero-order valence-corrected chi connectivity index (χ0v) is 12.8. The van der Waals surface area contributed by atoms with Gasteiger partial charge in [0.2, 0.25) is 0 Å². The summed E-state index contributed by atoms with van der Waals surface area (Å²) in [5.41, 5.74) is 6.85. The molecule has 0 aliphatic heterocycles. The number of nitrogens with two attached hydrogens (primary N) is 1. The highest BCUT2D eigenvalue weighted by Crippen LogP contribution is 2.36. The molecular weight excluding hydrogens is 300 g/mol. The average molecular weight is 317 g/mol. The third kappa shape index (κ3) is 4.84. The van der Waals surface area contributed by atoms with Crippen LogP contribution in [-0.4, -0.2) is 0 Å². The fraction of sp³-hybridized carbons (Fsp3) is 0.500. The molecule has 0 heterocycles. The van der Waals surface area contributed by atoms with E-state index in [4.69, 9.17) is 40.5 Å². The van der Waals surface area contributed by atoms with Gasteiger partial charge in [-0.15, -0.1) is 12.4 Å². The van der Waals surface area contributed by atoms with Crippen LogP contribution in [0.2, 0.25) is 15.1 Å². The van der Waals surface area contributed by atoms with Crippen LogP contribution in [-0.2, 0) is 0 Å². The maximum absolute atomic E-state index is 6.11. The van der Waals surface area contributed by atoms with E-state index in [0.29, 0.717) is 15.1 Å². The van der Waals surface area contributed by atoms with E-state index in [0.717, 1.165) is 18.4 Å². The first-order chi connectivity index (χ1) is 7.57. The Morgan fingerprint density at radius 3 is 2.29 bits per heavy atom. The highest BCUT2D eigenvalue weighted by molar-refractivity contribution is 6.44. The molecule has 5 heteroatoms. The topological polar surface area (TPSA) is 26.0 Å². The summed E-state index contributed by atoms with van der Waals surface area (Å²) in [5, 5.41) is 1.59. The van der Waals surface area contributed by atoms with Gasteiger partial charge in [0.05, 0.1) is 10.0 Å². The van der Waals surface area contributed by atoms with Crippen molar-refractivity contribution in [3.63, 3.8) is 0 Å². The lowest BCUT2D eigenvalue weighted by atomic mass is 10.0. The minimum atomic E-state index is -0.134. The van der Waals surface area contributed by atoms with Crippen molar-refractivity contribution >= 4 is 47.2 Å². The zero-order valence-electron chi connectivity index (χ0n) is 9.68. The molecule has 1 aromatic rings. The van der Waals surface area contributed by atoms with Crippen molar-refractivity contribution in [3.8, 4) is 0 Å². The molecule has 1 atom stereocenters. The van der Waals surface area contributed by atoms with Crippen LogP contribution < -0.4 is 5.73 Å². The Morgan fingerprint density at radius 2 is 1.71 bits per heavy atom. The molecular formula is C12H17Cl4N. The highest BCUT2D eigenvalue weighted by Gasteiger charge is 2.16. The quantitative estimate of drug-likeness (QED) is 0.551. The van der Waals surface area contributed by atoms with E-state index in [2.05, 4.69) is 6.92 Å². The van der Waals surface area contributed by atoms with Crippen LogP contribution in [0.25, 0.3) is 0 Å². The number of rotatable bonds is 5. The molecule has 0 aliphatic carbocycles. The second kappa shape index (κ2) is 8.44. The van der Waals surface area contributed by atoms with Crippen molar-refractivity contribution in [2.75, 3.05) is 0 Å². The van der Waals surface area contributed by atoms with E-state index in [1.165, 1.54) is 12.8 Å². The molecule has 0 aromatic heterocycles. The van der Waals surface area contributed by atoms with Crippen LogP contribution in [0.3, 0.4) is 0 Å². The summed E-state index contributed by atoms with van der Waals surface area (Å²) in [5.74, 6) is 0. The van der Waals surface area contributed by atoms with Crippen molar-refractivity contribution in [2.45, 2.75) is 38.6 Å². The molecule has 0 amide bonds. The van der Waals surface area contributed by atoms with Crippen molar-refractivity contribution < 1.29 is 0 Å². The number of halogens is 4. The largest absolute Gasteiger partial charge is 0.324 e. The highest BCUT2D eigenvalue weighted by atomic mass is 35.5. The molecule has 1 nitrogen and oxygen atoms in total. The van der Waals surface area contributed by atoms with Gasteiger partial charge in [0.25, 0.3) is 0 Å². The normalized spacial score (nSPS) is 12.1. The molecule has 2 N–H and O–H groups in total. The summed E-state index contributed by atoms with van der Waals surface area (Å²) in [4.78, 5) is 0. The molecule has 0 spiro atoms. The third-order valence-electron chi connectivity index (χ3n) is 2.57. The smallest absolute Gasteiger partial charge is 0.0654 e. The van der Waals surface area contributed by atoms with Gasteiger partial charge >= 0.3 is 0 Å². The van der Waals surface area contributed by atoms with Gasteiger partial charge in [0.15, 0.2) is 0 Å². The number of hydrogen-bond acceptors (Lipinski definition) is 1. The third-order valence-corrected chi connectivity index (χ3v) is 3.72. The van der Waals surface area contributed by atoms with E-state index in [-0.39, 0.29) is 18.4 Å². The van der Waals surface area contributed by atoms with Crippen LogP contribution in [0.5, 0.6) is 0 Å². The minimum Gasteiger partial charge on any atom is -0.324 e. The minimum absolute atomic E-state index is 0. The van der Waals surface area contributed by atoms with E-state index >= 15 is 0 Å². The molecule has 0 radical (unpaired) electrons. The van der Waals surface area contributed by atoms with E-state index in [1.807, 2.05) is 0 Å². The lowest BCUT2D eigenvalue weighted by Crippen LogP contribution is -2.11. The number of hydrogen-bond donors (Lipinski definition) is 1. The molecule has 0 aliphatic rings. The summed E-state index contributed by atoms with van der Waals surface area (Å²) in [6.07, 6.45) is 4.30. The van der Waals surface area contributed by atoms with Crippen LogP contribution in [0, 0.1) is 0 Å². The molecule has 1 rings (SSSR count). The molecule has 0 fully saturated rings. The molecule has 17 heavy (non-hydrogen) atoms. The lowest BCUT2D eigenvalue weighted by molar-refractivity contribution is 0.581. The lowest BCUT2D eigenvalue weighted by Gasteiger charge is -2.16. The molecule has 0 bridgehead atoms. The van der Waals surface area contributed by atoms with Crippen LogP contribution in [0.15, 0.2) is 12.1 Å². The van der Waals surface area contributed by atoms with Gasteiger partial charge in [-0.05, 0) is 18.6 Å². The van der Waals surface area contributed by atoms with Crippen molar-refractivity contribution in [3.05, 3.63) is 32.8 Å². The van der Waals surface area contributed by atoms with Crippen molar-refractivity contribution in [1.82, 2.24) is 0 Å². The molecule has 0 saturated heterocycles. The monoisotopic (exact) mass is 315 g/mol. The number of unbranched alkanes of at least 4 members (excludes halogenated alkanes) is 2. The standard InChI is InChI=1S/C12H16Cl3N.ClH/c1-2-3-4-5-10(16)11-8(13)6-7-9(14)12(11)15;/h6-7,10H,2-5,16H2,1H3;1H/t10-;/m0./s1. The van der Waals surface area contributed by atoms with E-state index in [1.54, 1.807) is 12.1 Å². The van der Waals surface area contributed by atoms with Gasteiger partial charge in [-0.1, -0.05) is 61.0 Å². The Morgan fingerprint density at radius 1 is 1.12 bits per heavy atom. The fourth-order valence-electron chi connectivity index (χ4n) is 1.64. The van der Waals surface area contributed by atoms with E-state index < -0.39 is 0 Å².